The summed E-state index contributed by atoms with van der Waals surface area (Å²) in [6.45, 7) is 1.34. The smallest absolute Gasteiger partial charge is 0.122 e. The van der Waals surface area contributed by atoms with Gasteiger partial charge in [-0.3, -0.25) is 0 Å². The standard InChI is InChI=1S/C13H19NO3/c1-15-11-6-10(7-12(8-11)16-2)13(14)4-3-5-17-9-13/h6-8H,3-5,9,14H2,1-2H3. The summed E-state index contributed by atoms with van der Waals surface area (Å²) >= 11 is 0. The Morgan fingerprint density at radius 2 is 1.82 bits per heavy atom. The van der Waals surface area contributed by atoms with Gasteiger partial charge in [0.15, 0.2) is 0 Å². The molecule has 1 aliphatic rings. The predicted octanol–water partition coefficient (Wildman–Crippen LogP) is 1.67. The van der Waals surface area contributed by atoms with Crippen LogP contribution in [0.2, 0.25) is 0 Å². The van der Waals surface area contributed by atoms with E-state index in [1.165, 1.54) is 0 Å². The first-order valence-electron chi connectivity index (χ1n) is 5.78. The summed E-state index contributed by atoms with van der Waals surface area (Å²) in [5, 5.41) is 0. The van der Waals surface area contributed by atoms with Crippen LogP contribution in [0.15, 0.2) is 18.2 Å². The average Bonchev–Trinajstić information content (AvgIpc) is 2.39. The van der Waals surface area contributed by atoms with Crippen molar-refractivity contribution in [1.29, 1.82) is 0 Å². The van der Waals surface area contributed by atoms with Gasteiger partial charge in [0.1, 0.15) is 11.5 Å². The maximum Gasteiger partial charge on any atom is 0.122 e. The largest absolute Gasteiger partial charge is 0.497 e. The highest BCUT2D eigenvalue weighted by molar-refractivity contribution is 5.41. The molecule has 0 spiro atoms. The first-order chi connectivity index (χ1) is 8.18. The number of rotatable bonds is 3. The van der Waals surface area contributed by atoms with Crippen molar-refractivity contribution < 1.29 is 14.2 Å². The summed E-state index contributed by atoms with van der Waals surface area (Å²) in [4.78, 5) is 0. The van der Waals surface area contributed by atoms with E-state index >= 15 is 0 Å². The Morgan fingerprint density at radius 1 is 1.18 bits per heavy atom. The van der Waals surface area contributed by atoms with Gasteiger partial charge in [-0.25, -0.2) is 0 Å². The lowest BCUT2D eigenvalue weighted by Crippen LogP contribution is -2.44. The van der Waals surface area contributed by atoms with E-state index in [-0.39, 0.29) is 0 Å². The van der Waals surface area contributed by atoms with Crippen LogP contribution in [-0.2, 0) is 10.3 Å². The zero-order valence-corrected chi connectivity index (χ0v) is 10.4. The Kier molecular flexibility index (Phi) is 3.54. The van der Waals surface area contributed by atoms with Gasteiger partial charge in [-0.05, 0) is 30.5 Å². The van der Waals surface area contributed by atoms with Crippen molar-refractivity contribution in [3.63, 3.8) is 0 Å². The van der Waals surface area contributed by atoms with Crippen LogP contribution in [0.25, 0.3) is 0 Å². The summed E-state index contributed by atoms with van der Waals surface area (Å²) in [6, 6.07) is 5.75. The molecular weight excluding hydrogens is 218 g/mol. The Labute approximate surface area is 102 Å². The SMILES string of the molecule is COc1cc(OC)cc(C2(N)CCCOC2)c1. The molecule has 1 atom stereocenters. The van der Waals surface area contributed by atoms with Crippen LogP contribution in [0.4, 0.5) is 0 Å². The quantitative estimate of drug-likeness (QED) is 0.868. The number of hydrogen-bond donors (Lipinski definition) is 1. The van der Waals surface area contributed by atoms with Gasteiger partial charge in [-0.1, -0.05) is 0 Å². The molecule has 0 aliphatic carbocycles. The second-order valence-corrected chi connectivity index (χ2v) is 4.41. The second kappa shape index (κ2) is 4.94. The third-order valence-electron chi connectivity index (χ3n) is 3.20. The molecule has 0 saturated carbocycles. The molecule has 0 radical (unpaired) electrons. The summed E-state index contributed by atoms with van der Waals surface area (Å²) in [5.41, 5.74) is 6.97. The fourth-order valence-electron chi connectivity index (χ4n) is 2.14. The van der Waals surface area contributed by atoms with Crippen LogP contribution in [0.1, 0.15) is 18.4 Å². The van der Waals surface area contributed by atoms with E-state index in [9.17, 15) is 0 Å². The van der Waals surface area contributed by atoms with Crippen molar-refractivity contribution in [2.45, 2.75) is 18.4 Å². The molecule has 1 fully saturated rings. The molecule has 1 heterocycles. The normalized spacial score (nSPS) is 24.4. The highest BCUT2D eigenvalue weighted by Gasteiger charge is 2.31. The van der Waals surface area contributed by atoms with E-state index in [1.54, 1.807) is 14.2 Å². The van der Waals surface area contributed by atoms with E-state index in [1.807, 2.05) is 18.2 Å². The molecule has 94 valence electrons. The molecule has 4 heteroatoms. The fraction of sp³-hybridized carbons (Fsp3) is 0.538. The van der Waals surface area contributed by atoms with E-state index in [0.29, 0.717) is 6.61 Å². The van der Waals surface area contributed by atoms with Gasteiger partial charge in [0, 0.05) is 12.7 Å². The zero-order chi connectivity index (χ0) is 12.3. The van der Waals surface area contributed by atoms with E-state index < -0.39 is 5.54 Å². The van der Waals surface area contributed by atoms with E-state index in [2.05, 4.69) is 0 Å². The van der Waals surface area contributed by atoms with Crippen LogP contribution in [0, 0.1) is 0 Å². The average molecular weight is 237 g/mol. The fourth-order valence-corrected chi connectivity index (χ4v) is 2.14. The monoisotopic (exact) mass is 237 g/mol. The Hall–Kier alpha value is -1.26. The zero-order valence-electron chi connectivity index (χ0n) is 10.4. The number of benzene rings is 1. The molecule has 1 aliphatic heterocycles. The van der Waals surface area contributed by atoms with Gasteiger partial charge < -0.3 is 19.9 Å². The first kappa shape index (κ1) is 12.2. The van der Waals surface area contributed by atoms with Crippen LogP contribution >= 0.6 is 0 Å². The maximum atomic E-state index is 6.39. The number of methoxy groups -OCH3 is 2. The van der Waals surface area contributed by atoms with Gasteiger partial charge in [0.2, 0.25) is 0 Å². The minimum Gasteiger partial charge on any atom is -0.497 e. The van der Waals surface area contributed by atoms with Gasteiger partial charge in [0.25, 0.3) is 0 Å². The highest BCUT2D eigenvalue weighted by Crippen LogP contribution is 2.33. The third-order valence-corrected chi connectivity index (χ3v) is 3.20. The minimum absolute atomic E-state index is 0.430. The molecule has 1 saturated heterocycles. The molecule has 1 aromatic carbocycles. The van der Waals surface area contributed by atoms with Crippen LogP contribution in [0.5, 0.6) is 11.5 Å². The number of hydrogen-bond acceptors (Lipinski definition) is 4. The van der Waals surface area contributed by atoms with Crippen LogP contribution in [-0.4, -0.2) is 27.4 Å². The lowest BCUT2D eigenvalue weighted by molar-refractivity contribution is 0.0365. The minimum atomic E-state index is -0.430. The number of nitrogens with two attached hydrogens (primary N) is 1. The van der Waals surface area contributed by atoms with Gasteiger partial charge in [-0.2, -0.15) is 0 Å². The van der Waals surface area contributed by atoms with Crippen molar-refractivity contribution in [1.82, 2.24) is 0 Å². The van der Waals surface area contributed by atoms with Gasteiger partial charge in [0.05, 0.1) is 26.4 Å². The molecule has 0 amide bonds. The highest BCUT2D eigenvalue weighted by atomic mass is 16.5. The van der Waals surface area contributed by atoms with Crippen molar-refractivity contribution in [3.05, 3.63) is 23.8 Å². The third kappa shape index (κ3) is 2.53. The predicted molar refractivity (Wildman–Crippen MR) is 65.5 cm³/mol. The van der Waals surface area contributed by atoms with Crippen molar-refractivity contribution in [2.24, 2.45) is 5.73 Å². The molecule has 1 unspecified atom stereocenters. The Morgan fingerprint density at radius 3 is 2.29 bits per heavy atom. The van der Waals surface area contributed by atoms with Crippen molar-refractivity contribution >= 4 is 0 Å². The summed E-state index contributed by atoms with van der Waals surface area (Å²) in [6.07, 6.45) is 1.90. The van der Waals surface area contributed by atoms with Crippen LogP contribution in [0.3, 0.4) is 0 Å². The molecule has 2 rings (SSSR count). The summed E-state index contributed by atoms with van der Waals surface area (Å²) in [7, 11) is 3.28. The molecule has 2 N–H and O–H groups in total. The second-order valence-electron chi connectivity index (χ2n) is 4.41. The summed E-state index contributed by atoms with van der Waals surface area (Å²) in [5.74, 6) is 1.52. The van der Waals surface area contributed by atoms with Gasteiger partial charge >= 0.3 is 0 Å². The molecule has 17 heavy (non-hydrogen) atoms. The maximum absolute atomic E-state index is 6.39. The Balaban J connectivity index is 2.35. The molecule has 0 aromatic heterocycles. The molecule has 0 bridgehead atoms. The van der Waals surface area contributed by atoms with E-state index in [0.717, 1.165) is 36.5 Å². The lowest BCUT2D eigenvalue weighted by atomic mass is 9.85. The Bertz CT molecular complexity index is 364. The topological polar surface area (TPSA) is 53.7 Å². The molecular formula is C13H19NO3. The van der Waals surface area contributed by atoms with Crippen molar-refractivity contribution in [2.75, 3.05) is 27.4 Å². The lowest BCUT2D eigenvalue weighted by Gasteiger charge is -2.34. The first-order valence-corrected chi connectivity index (χ1v) is 5.78. The van der Waals surface area contributed by atoms with Crippen molar-refractivity contribution in [3.8, 4) is 11.5 Å². The summed E-state index contributed by atoms with van der Waals surface area (Å²) < 4.78 is 16.0. The van der Waals surface area contributed by atoms with E-state index in [4.69, 9.17) is 19.9 Å². The number of ether oxygens (including phenoxy) is 3. The van der Waals surface area contributed by atoms with Crippen LogP contribution < -0.4 is 15.2 Å². The molecule has 1 aromatic rings. The van der Waals surface area contributed by atoms with Gasteiger partial charge in [-0.15, -0.1) is 0 Å². The molecule has 4 nitrogen and oxygen atoms in total.